The highest BCUT2D eigenvalue weighted by Crippen LogP contribution is 2.41. The average Bonchev–Trinajstić information content (AvgIpc) is 3.06. The van der Waals surface area contributed by atoms with Crippen LogP contribution in [0.25, 0.3) is 0 Å². The van der Waals surface area contributed by atoms with Crippen LogP contribution in [0.4, 0.5) is 17.3 Å². The molecule has 2 aliphatic rings. The van der Waals surface area contributed by atoms with Crippen LogP contribution < -0.4 is 15.5 Å². The van der Waals surface area contributed by atoms with Gasteiger partial charge in [-0.25, -0.2) is 14.8 Å². The van der Waals surface area contributed by atoms with Gasteiger partial charge in [-0.3, -0.25) is 0 Å². The van der Waals surface area contributed by atoms with Crippen LogP contribution in [0.5, 0.6) is 0 Å². The Balaban J connectivity index is 1.90. The van der Waals surface area contributed by atoms with E-state index in [0.29, 0.717) is 17.9 Å². The second kappa shape index (κ2) is 5.99. The lowest BCUT2D eigenvalue weighted by Crippen LogP contribution is -2.38. The maximum Gasteiger partial charge on any atom is 0.329 e. The third-order valence-electron chi connectivity index (χ3n) is 3.82. The Morgan fingerprint density at radius 2 is 2.30 bits per heavy atom. The van der Waals surface area contributed by atoms with E-state index in [2.05, 4.69) is 9.97 Å². The number of aromatic nitrogens is 2. The van der Waals surface area contributed by atoms with Crippen LogP contribution in [0.3, 0.4) is 0 Å². The number of carboxylic acids is 1. The van der Waals surface area contributed by atoms with Gasteiger partial charge in [0.1, 0.15) is 24.3 Å². The molecule has 10 heteroatoms. The van der Waals surface area contributed by atoms with E-state index in [1.165, 1.54) is 12.5 Å². The molecule has 0 radical (unpaired) electrons. The van der Waals surface area contributed by atoms with Crippen molar-refractivity contribution in [2.75, 3.05) is 28.8 Å². The van der Waals surface area contributed by atoms with E-state index in [9.17, 15) is 15.0 Å². The number of rotatable bonds is 4. The van der Waals surface area contributed by atoms with Gasteiger partial charge in [0.2, 0.25) is 0 Å². The number of fused-ring (bicyclic) bond motifs is 1. The molecule has 1 aromatic heterocycles. The van der Waals surface area contributed by atoms with Gasteiger partial charge in [0.05, 0.1) is 19.4 Å². The lowest BCUT2D eigenvalue weighted by Gasteiger charge is -2.25. The molecule has 2 aliphatic heterocycles. The molecule has 0 saturated carbocycles. The van der Waals surface area contributed by atoms with Gasteiger partial charge in [-0.05, 0) is 0 Å². The van der Waals surface area contributed by atoms with E-state index in [-0.39, 0.29) is 19.1 Å². The predicted octanol–water partition coefficient (Wildman–Crippen LogP) is -1.29. The van der Waals surface area contributed by atoms with Crippen LogP contribution in [0.2, 0.25) is 0 Å². The number of hydrogen-bond acceptors (Lipinski definition) is 9. The number of nitrogens with two attached hydrogens (primary N) is 1. The minimum Gasteiger partial charge on any atom is -0.478 e. The van der Waals surface area contributed by atoms with Gasteiger partial charge in [0.15, 0.2) is 11.6 Å². The number of carboxylic acid groups (broad SMARTS) is 1. The smallest absolute Gasteiger partial charge is 0.329 e. The van der Waals surface area contributed by atoms with E-state index in [0.717, 1.165) is 6.08 Å². The van der Waals surface area contributed by atoms with Gasteiger partial charge in [0.25, 0.3) is 0 Å². The Hall–Kier alpha value is -2.43. The van der Waals surface area contributed by atoms with E-state index < -0.39 is 24.4 Å². The quantitative estimate of drug-likeness (QED) is 0.494. The molecule has 124 valence electrons. The Morgan fingerprint density at radius 3 is 2.96 bits per heavy atom. The van der Waals surface area contributed by atoms with Crippen molar-refractivity contribution in [1.82, 2.24) is 9.97 Å². The lowest BCUT2D eigenvalue weighted by molar-refractivity contribution is -0.131. The van der Waals surface area contributed by atoms with E-state index in [1.807, 2.05) is 0 Å². The molecule has 1 fully saturated rings. The molecule has 3 rings (SSSR count). The summed E-state index contributed by atoms with van der Waals surface area (Å²) in [6.45, 7) is -0.0373. The lowest BCUT2D eigenvalue weighted by atomic mass is 10.2. The molecule has 1 aromatic rings. The summed E-state index contributed by atoms with van der Waals surface area (Å²) in [6.07, 6.45) is 2.02. The number of anilines is 3. The van der Waals surface area contributed by atoms with Crippen molar-refractivity contribution in [3.8, 4) is 0 Å². The third kappa shape index (κ3) is 2.79. The maximum absolute atomic E-state index is 10.7. The fourth-order valence-corrected chi connectivity index (χ4v) is 2.74. The molecule has 0 aliphatic carbocycles. The Kier molecular flexibility index (Phi) is 4.03. The monoisotopic (exact) mass is 323 g/mol. The first-order chi connectivity index (χ1) is 11.0. The minimum atomic E-state index is -1.09. The summed E-state index contributed by atoms with van der Waals surface area (Å²) in [4.78, 5) is 22.2. The van der Waals surface area contributed by atoms with Crippen molar-refractivity contribution in [3.63, 3.8) is 0 Å². The molecule has 0 amide bonds. The zero-order valence-electron chi connectivity index (χ0n) is 12.1. The average molecular weight is 323 g/mol. The largest absolute Gasteiger partial charge is 0.478 e. The first-order valence-electron chi connectivity index (χ1n) is 7.00. The second-order valence-corrected chi connectivity index (χ2v) is 5.28. The van der Waals surface area contributed by atoms with E-state index in [4.69, 9.17) is 15.6 Å². The molecule has 1 unspecified atom stereocenters. The van der Waals surface area contributed by atoms with Crippen molar-refractivity contribution in [1.29, 1.82) is 0 Å². The number of aliphatic hydroxyl groups excluding tert-OH is 2. The summed E-state index contributed by atoms with van der Waals surface area (Å²) >= 11 is 0. The van der Waals surface area contributed by atoms with Crippen molar-refractivity contribution < 1.29 is 24.9 Å². The summed E-state index contributed by atoms with van der Waals surface area (Å²) < 4.78 is 5.64. The zero-order valence-corrected chi connectivity index (χ0v) is 12.1. The Bertz CT molecular complexity index is 639. The molecule has 3 atom stereocenters. The van der Waals surface area contributed by atoms with Gasteiger partial charge in [-0.1, -0.05) is 0 Å². The summed E-state index contributed by atoms with van der Waals surface area (Å²) in [6, 6.07) is 0. The third-order valence-corrected chi connectivity index (χ3v) is 3.82. The van der Waals surface area contributed by atoms with Crippen molar-refractivity contribution in [2.45, 2.75) is 24.9 Å². The van der Waals surface area contributed by atoms with Crippen molar-refractivity contribution in [2.24, 2.45) is 0 Å². The molecule has 5 N–H and O–H groups in total. The first-order valence-corrected chi connectivity index (χ1v) is 7.00. The summed E-state index contributed by atoms with van der Waals surface area (Å²) in [5.74, 6) is -0.388. The molecule has 23 heavy (non-hydrogen) atoms. The van der Waals surface area contributed by atoms with Crippen LogP contribution in [-0.4, -0.2) is 63.0 Å². The SMILES string of the molecule is Nc1ncnc2c1N(C=CC(=O)O)CN2[C@H]1CC(O)[C@@H](CO)O1. The number of carbonyl (C=O) groups is 1. The standard InChI is InChI=1S/C13H17N5O5/c14-12-11-13(16-5-15-12)18(6-17(11)2-1-10(21)22)9-3-7(20)8(4-19)23-9/h1-2,5,7-9,19-20H,3-4,6H2,(H,21,22)(H2,14,15,16)/t7?,8-,9-/m1/s1. The van der Waals surface area contributed by atoms with Gasteiger partial charge in [0, 0.05) is 18.7 Å². The van der Waals surface area contributed by atoms with Crippen LogP contribution >= 0.6 is 0 Å². The molecule has 10 nitrogen and oxygen atoms in total. The predicted molar refractivity (Wildman–Crippen MR) is 79.4 cm³/mol. The van der Waals surface area contributed by atoms with Crippen LogP contribution in [0.1, 0.15) is 6.42 Å². The second-order valence-electron chi connectivity index (χ2n) is 5.28. The van der Waals surface area contributed by atoms with Crippen LogP contribution in [0, 0.1) is 0 Å². The number of hydrogen-bond donors (Lipinski definition) is 4. The fraction of sp³-hybridized carbons (Fsp3) is 0.462. The normalized spacial score (nSPS) is 27.0. The number of aliphatic carboxylic acids is 1. The fourth-order valence-electron chi connectivity index (χ4n) is 2.74. The number of nitrogens with zero attached hydrogens (tertiary/aromatic N) is 4. The van der Waals surface area contributed by atoms with Crippen LogP contribution in [-0.2, 0) is 9.53 Å². The minimum absolute atomic E-state index is 0.213. The summed E-state index contributed by atoms with van der Waals surface area (Å²) in [5.41, 5.74) is 6.36. The highest BCUT2D eigenvalue weighted by molar-refractivity contribution is 5.85. The highest BCUT2D eigenvalue weighted by Gasteiger charge is 2.41. The molecule has 0 bridgehead atoms. The highest BCUT2D eigenvalue weighted by atomic mass is 16.5. The number of nitrogen functional groups attached to an aromatic ring is 1. The topological polar surface area (TPSA) is 145 Å². The summed E-state index contributed by atoms with van der Waals surface area (Å²) in [5, 5.41) is 27.9. The van der Waals surface area contributed by atoms with E-state index in [1.54, 1.807) is 9.80 Å². The molecular formula is C13H17N5O5. The van der Waals surface area contributed by atoms with Gasteiger partial charge < -0.3 is 35.6 Å². The Labute approximate surface area is 131 Å². The first kappa shape index (κ1) is 15.5. The van der Waals surface area contributed by atoms with Gasteiger partial charge in [-0.15, -0.1) is 0 Å². The van der Waals surface area contributed by atoms with E-state index >= 15 is 0 Å². The maximum atomic E-state index is 10.7. The molecule has 3 heterocycles. The molecule has 1 saturated heterocycles. The van der Waals surface area contributed by atoms with Crippen molar-refractivity contribution >= 4 is 23.3 Å². The van der Waals surface area contributed by atoms with Crippen LogP contribution in [0.15, 0.2) is 18.6 Å². The van der Waals surface area contributed by atoms with Gasteiger partial charge >= 0.3 is 5.97 Å². The molecular weight excluding hydrogens is 306 g/mol. The molecule has 0 aromatic carbocycles. The summed E-state index contributed by atoms with van der Waals surface area (Å²) in [7, 11) is 0. The van der Waals surface area contributed by atoms with Gasteiger partial charge in [-0.2, -0.15) is 0 Å². The Morgan fingerprint density at radius 1 is 1.52 bits per heavy atom. The number of aliphatic hydroxyl groups is 2. The van der Waals surface area contributed by atoms with Crippen molar-refractivity contribution in [3.05, 3.63) is 18.6 Å². The number of ether oxygens (including phenoxy) is 1. The zero-order chi connectivity index (χ0) is 16.6. The molecule has 0 spiro atoms.